The van der Waals surface area contributed by atoms with Crippen molar-refractivity contribution in [1.29, 1.82) is 0 Å². The Morgan fingerprint density at radius 3 is 2.24 bits per heavy atom. The molecule has 0 unspecified atom stereocenters. The molecule has 1 heterocycles. The third kappa shape index (κ3) is 6.04. The highest BCUT2D eigenvalue weighted by Crippen LogP contribution is 2.09. The largest absolute Gasteiger partial charge is 0.340 e. The monoisotopic (exact) mass is 311 g/mol. The van der Waals surface area contributed by atoms with Gasteiger partial charge in [-0.1, -0.05) is 30.3 Å². The number of hydrogen-bond acceptors (Lipinski definition) is 3. The van der Waals surface area contributed by atoms with Crippen molar-refractivity contribution in [3.63, 3.8) is 0 Å². The number of piperazine rings is 1. The van der Waals surface area contributed by atoms with Crippen molar-refractivity contribution >= 4 is 18.3 Å². The molecule has 0 spiro atoms. The molecule has 2 rings (SSSR count). The van der Waals surface area contributed by atoms with Crippen molar-refractivity contribution in [3.8, 4) is 0 Å². The van der Waals surface area contributed by atoms with Gasteiger partial charge < -0.3 is 10.6 Å². The van der Waals surface area contributed by atoms with Crippen molar-refractivity contribution < 1.29 is 4.79 Å². The number of amides is 1. The SMILES string of the molecule is CC(C)(N)CN1CCN(C(=O)Cc2ccccc2)CC1.Cl. The van der Waals surface area contributed by atoms with Crippen molar-refractivity contribution in [2.45, 2.75) is 25.8 Å². The standard InChI is InChI=1S/C16H25N3O.ClH/c1-16(2,17)13-18-8-10-19(11-9-18)15(20)12-14-6-4-3-5-7-14;/h3-7H,8-13,17H2,1-2H3;1H. The predicted molar refractivity (Wildman–Crippen MR) is 88.7 cm³/mol. The minimum Gasteiger partial charge on any atom is -0.340 e. The minimum absolute atomic E-state index is 0. The van der Waals surface area contributed by atoms with Gasteiger partial charge >= 0.3 is 0 Å². The molecule has 0 aliphatic carbocycles. The quantitative estimate of drug-likeness (QED) is 0.917. The van der Waals surface area contributed by atoms with Crippen LogP contribution in [-0.2, 0) is 11.2 Å². The molecule has 1 amide bonds. The highest BCUT2D eigenvalue weighted by Gasteiger charge is 2.24. The Labute approximate surface area is 133 Å². The summed E-state index contributed by atoms with van der Waals surface area (Å²) in [5.41, 5.74) is 6.96. The van der Waals surface area contributed by atoms with E-state index in [1.165, 1.54) is 0 Å². The van der Waals surface area contributed by atoms with Crippen LogP contribution in [0.25, 0.3) is 0 Å². The van der Waals surface area contributed by atoms with Crippen molar-refractivity contribution in [3.05, 3.63) is 35.9 Å². The first-order valence-electron chi connectivity index (χ1n) is 7.27. The van der Waals surface area contributed by atoms with Crippen LogP contribution >= 0.6 is 12.4 Å². The third-order valence-corrected chi connectivity index (χ3v) is 3.55. The van der Waals surface area contributed by atoms with E-state index in [1.807, 2.05) is 49.1 Å². The van der Waals surface area contributed by atoms with E-state index in [0.29, 0.717) is 6.42 Å². The molecule has 118 valence electrons. The molecule has 1 aromatic carbocycles. The van der Waals surface area contributed by atoms with E-state index in [-0.39, 0.29) is 23.9 Å². The Bertz CT molecular complexity index is 437. The second-order valence-electron chi connectivity index (χ2n) is 6.31. The molecule has 1 aliphatic heterocycles. The maximum Gasteiger partial charge on any atom is 0.227 e. The van der Waals surface area contributed by atoms with Gasteiger partial charge in [-0.05, 0) is 19.4 Å². The number of carbonyl (C=O) groups excluding carboxylic acids is 1. The van der Waals surface area contributed by atoms with Crippen LogP contribution in [0.15, 0.2) is 30.3 Å². The molecule has 0 bridgehead atoms. The van der Waals surface area contributed by atoms with Crippen molar-refractivity contribution in [2.24, 2.45) is 5.73 Å². The number of rotatable bonds is 4. The second kappa shape index (κ2) is 7.78. The lowest BCUT2D eigenvalue weighted by molar-refractivity contribution is -0.132. The van der Waals surface area contributed by atoms with Crippen molar-refractivity contribution in [1.82, 2.24) is 9.80 Å². The zero-order valence-corrected chi connectivity index (χ0v) is 13.7. The molecular weight excluding hydrogens is 286 g/mol. The molecule has 1 fully saturated rings. The lowest BCUT2D eigenvalue weighted by Crippen LogP contribution is -2.54. The number of hydrogen-bond donors (Lipinski definition) is 1. The van der Waals surface area contributed by atoms with Gasteiger partial charge in [0.25, 0.3) is 0 Å². The zero-order valence-electron chi connectivity index (χ0n) is 12.9. The van der Waals surface area contributed by atoms with Gasteiger partial charge in [-0.2, -0.15) is 0 Å². The number of benzene rings is 1. The Morgan fingerprint density at radius 1 is 1.14 bits per heavy atom. The first-order valence-corrected chi connectivity index (χ1v) is 7.27. The summed E-state index contributed by atoms with van der Waals surface area (Å²) in [5, 5.41) is 0. The highest BCUT2D eigenvalue weighted by atomic mass is 35.5. The van der Waals surface area contributed by atoms with Crippen LogP contribution in [0.1, 0.15) is 19.4 Å². The average molecular weight is 312 g/mol. The van der Waals surface area contributed by atoms with Gasteiger partial charge in [-0.25, -0.2) is 0 Å². The molecule has 2 N–H and O–H groups in total. The first-order chi connectivity index (χ1) is 9.44. The number of carbonyl (C=O) groups is 1. The maximum atomic E-state index is 12.2. The topological polar surface area (TPSA) is 49.6 Å². The lowest BCUT2D eigenvalue weighted by atomic mass is 10.1. The van der Waals surface area contributed by atoms with E-state index in [4.69, 9.17) is 5.73 Å². The average Bonchev–Trinajstić information content (AvgIpc) is 2.39. The molecule has 0 saturated carbocycles. The molecule has 1 aliphatic rings. The Hall–Kier alpha value is -1.10. The van der Waals surface area contributed by atoms with Crippen LogP contribution in [0.2, 0.25) is 0 Å². The van der Waals surface area contributed by atoms with Gasteiger partial charge in [0.05, 0.1) is 6.42 Å². The summed E-state index contributed by atoms with van der Waals surface area (Å²) in [6.45, 7) is 8.42. The van der Waals surface area contributed by atoms with E-state index < -0.39 is 0 Å². The van der Waals surface area contributed by atoms with Crippen molar-refractivity contribution in [2.75, 3.05) is 32.7 Å². The Balaban J connectivity index is 0.00000220. The smallest absolute Gasteiger partial charge is 0.227 e. The van der Waals surface area contributed by atoms with Gasteiger partial charge in [0, 0.05) is 38.3 Å². The molecular formula is C16H26ClN3O. The molecule has 0 radical (unpaired) electrons. The number of nitrogens with two attached hydrogens (primary N) is 1. The first kappa shape index (κ1) is 18.0. The molecule has 1 aromatic rings. The molecule has 21 heavy (non-hydrogen) atoms. The maximum absolute atomic E-state index is 12.2. The predicted octanol–water partition coefficient (Wildman–Crippen LogP) is 1.53. The van der Waals surface area contributed by atoms with E-state index in [1.54, 1.807) is 0 Å². The fourth-order valence-corrected chi connectivity index (χ4v) is 2.61. The minimum atomic E-state index is -0.170. The number of halogens is 1. The fraction of sp³-hybridized carbons (Fsp3) is 0.562. The second-order valence-corrected chi connectivity index (χ2v) is 6.31. The van der Waals surface area contributed by atoms with Gasteiger partial charge in [-0.15, -0.1) is 12.4 Å². The summed E-state index contributed by atoms with van der Waals surface area (Å²) >= 11 is 0. The van der Waals surface area contributed by atoms with Crippen LogP contribution < -0.4 is 5.73 Å². The molecule has 0 aromatic heterocycles. The summed E-state index contributed by atoms with van der Waals surface area (Å²) in [7, 11) is 0. The molecule has 5 heteroatoms. The van der Waals surface area contributed by atoms with Crippen LogP contribution in [0.4, 0.5) is 0 Å². The summed E-state index contributed by atoms with van der Waals surface area (Å²) in [4.78, 5) is 16.5. The van der Waals surface area contributed by atoms with Crippen LogP contribution in [-0.4, -0.2) is 54.0 Å². The third-order valence-electron chi connectivity index (χ3n) is 3.55. The Morgan fingerprint density at radius 2 is 1.71 bits per heavy atom. The summed E-state index contributed by atoms with van der Waals surface area (Å²) < 4.78 is 0. The Kier molecular flexibility index (Phi) is 6.65. The molecule has 4 nitrogen and oxygen atoms in total. The zero-order chi connectivity index (χ0) is 14.6. The van der Waals surface area contributed by atoms with E-state index in [9.17, 15) is 4.79 Å². The van der Waals surface area contributed by atoms with Crippen LogP contribution in [0.3, 0.4) is 0 Å². The van der Waals surface area contributed by atoms with Crippen LogP contribution in [0, 0.1) is 0 Å². The van der Waals surface area contributed by atoms with Gasteiger partial charge in [-0.3, -0.25) is 9.69 Å². The fourth-order valence-electron chi connectivity index (χ4n) is 2.61. The molecule has 1 saturated heterocycles. The number of nitrogens with zero attached hydrogens (tertiary/aromatic N) is 2. The lowest BCUT2D eigenvalue weighted by Gasteiger charge is -2.37. The van der Waals surface area contributed by atoms with E-state index in [2.05, 4.69) is 4.90 Å². The molecule has 0 atom stereocenters. The van der Waals surface area contributed by atoms with E-state index in [0.717, 1.165) is 38.3 Å². The summed E-state index contributed by atoms with van der Waals surface area (Å²) in [6, 6.07) is 9.94. The summed E-state index contributed by atoms with van der Waals surface area (Å²) in [6.07, 6.45) is 0.503. The highest BCUT2D eigenvalue weighted by molar-refractivity contribution is 5.85. The normalized spacial score (nSPS) is 16.4. The van der Waals surface area contributed by atoms with Crippen LogP contribution in [0.5, 0.6) is 0 Å². The van der Waals surface area contributed by atoms with Gasteiger partial charge in [0.1, 0.15) is 0 Å². The van der Waals surface area contributed by atoms with Gasteiger partial charge in [0.2, 0.25) is 5.91 Å². The van der Waals surface area contributed by atoms with E-state index >= 15 is 0 Å². The summed E-state index contributed by atoms with van der Waals surface area (Å²) in [5.74, 6) is 0.225. The van der Waals surface area contributed by atoms with Gasteiger partial charge in [0.15, 0.2) is 0 Å².